The SMILES string of the molecule is C=C/C=C(\C=C/C)c1ccc(C(C)(C)C)s1. The van der Waals surface area contributed by atoms with E-state index < -0.39 is 0 Å². The molecular formula is C15H20S. The predicted octanol–water partition coefficient (Wildman–Crippen LogP) is 5.19. The third-order valence-electron chi connectivity index (χ3n) is 2.27. The monoisotopic (exact) mass is 232 g/mol. The molecule has 0 radical (unpaired) electrons. The maximum Gasteiger partial charge on any atom is 0.0345 e. The summed E-state index contributed by atoms with van der Waals surface area (Å²) in [5.41, 5.74) is 1.47. The van der Waals surface area contributed by atoms with Gasteiger partial charge in [0.25, 0.3) is 0 Å². The Morgan fingerprint density at radius 2 is 2.00 bits per heavy atom. The van der Waals surface area contributed by atoms with E-state index in [0.29, 0.717) is 0 Å². The molecule has 1 heteroatoms. The van der Waals surface area contributed by atoms with Gasteiger partial charge in [-0.1, -0.05) is 51.7 Å². The summed E-state index contributed by atoms with van der Waals surface area (Å²) in [7, 11) is 0. The van der Waals surface area contributed by atoms with Gasteiger partial charge in [-0.05, 0) is 30.0 Å². The van der Waals surface area contributed by atoms with E-state index in [0.717, 1.165) is 0 Å². The van der Waals surface area contributed by atoms with E-state index in [9.17, 15) is 0 Å². The molecular weight excluding hydrogens is 212 g/mol. The van der Waals surface area contributed by atoms with Crippen LogP contribution in [0.25, 0.3) is 5.57 Å². The van der Waals surface area contributed by atoms with Gasteiger partial charge in [-0.3, -0.25) is 0 Å². The van der Waals surface area contributed by atoms with Crippen LogP contribution in [0.1, 0.15) is 37.4 Å². The van der Waals surface area contributed by atoms with Crippen molar-refractivity contribution in [3.8, 4) is 0 Å². The Morgan fingerprint density at radius 3 is 2.44 bits per heavy atom. The Hall–Kier alpha value is -1.08. The summed E-state index contributed by atoms with van der Waals surface area (Å²) in [5.74, 6) is 0. The van der Waals surface area contributed by atoms with Crippen LogP contribution in [0.15, 0.2) is 43.0 Å². The zero-order valence-corrected chi connectivity index (χ0v) is 11.4. The zero-order chi connectivity index (χ0) is 12.2. The molecule has 0 aliphatic rings. The van der Waals surface area contributed by atoms with Crippen molar-refractivity contribution in [2.75, 3.05) is 0 Å². The molecule has 0 saturated heterocycles. The van der Waals surface area contributed by atoms with Gasteiger partial charge in [-0.15, -0.1) is 11.3 Å². The third-order valence-corrected chi connectivity index (χ3v) is 3.83. The summed E-state index contributed by atoms with van der Waals surface area (Å²) in [4.78, 5) is 2.73. The molecule has 1 aromatic heterocycles. The lowest BCUT2D eigenvalue weighted by Crippen LogP contribution is -2.07. The van der Waals surface area contributed by atoms with Crippen molar-refractivity contribution in [3.05, 3.63) is 52.8 Å². The normalized spacial score (nSPS) is 13.4. The molecule has 0 N–H and O–H groups in total. The van der Waals surface area contributed by atoms with Crippen LogP contribution in [0, 0.1) is 0 Å². The molecule has 0 unspecified atom stereocenters. The minimum Gasteiger partial charge on any atom is -0.140 e. The molecule has 0 aliphatic carbocycles. The van der Waals surface area contributed by atoms with E-state index in [-0.39, 0.29) is 5.41 Å². The number of allylic oxidation sites excluding steroid dienone is 5. The largest absolute Gasteiger partial charge is 0.140 e. The lowest BCUT2D eigenvalue weighted by molar-refractivity contribution is 0.604. The quantitative estimate of drug-likeness (QED) is 0.629. The first-order chi connectivity index (χ1) is 7.49. The first-order valence-electron chi connectivity index (χ1n) is 5.55. The van der Waals surface area contributed by atoms with Gasteiger partial charge in [0, 0.05) is 9.75 Å². The summed E-state index contributed by atoms with van der Waals surface area (Å²) in [6.45, 7) is 12.5. The second kappa shape index (κ2) is 5.31. The molecule has 0 aromatic carbocycles. The van der Waals surface area contributed by atoms with Crippen molar-refractivity contribution >= 4 is 16.9 Å². The first kappa shape index (κ1) is 13.0. The van der Waals surface area contributed by atoms with Crippen LogP contribution in [-0.4, -0.2) is 0 Å². The van der Waals surface area contributed by atoms with Crippen LogP contribution in [0.5, 0.6) is 0 Å². The zero-order valence-electron chi connectivity index (χ0n) is 10.6. The van der Waals surface area contributed by atoms with Crippen molar-refractivity contribution in [1.82, 2.24) is 0 Å². The highest BCUT2D eigenvalue weighted by Crippen LogP contribution is 2.33. The topological polar surface area (TPSA) is 0 Å². The van der Waals surface area contributed by atoms with Gasteiger partial charge in [0.15, 0.2) is 0 Å². The lowest BCUT2D eigenvalue weighted by atomic mass is 9.95. The molecule has 0 aliphatic heterocycles. The van der Waals surface area contributed by atoms with Crippen molar-refractivity contribution in [1.29, 1.82) is 0 Å². The average Bonchev–Trinajstić information content (AvgIpc) is 2.65. The molecule has 86 valence electrons. The molecule has 0 atom stereocenters. The smallest absolute Gasteiger partial charge is 0.0345 e. The third kappa shape index (κ3) is 3.21. The second-order valence-electron chi connectivity index (χ2n) is 4.77. The summed E-state index contributed by atoms with van der Waals surface area (Å²) >= 11 is 1.86. The second-order valence-corrected chi connectivity index (χ2v) is 5.86. The Balaban J connectivity index is 3.09. The maximum atomic E-state index is 3.76. The van der Waals surface area contributed by atoms with Crippen LogP contribution in [0.3, 0.4) is 0 Å². The van der Waals surface area contributed by atoms with Crippen molar-refractivity contribution in [3.63, 3.8) is 0 Å². The fraction of sp³-hybridized carbons (Fsp3) is 0.333. The Morgan fingerprint density at radius 1 is 1.31 bits per heavy atom. The molecule has 0 nitrogen and oxygen atoms in total. The van der Waals surface area contributed by atoms with Gasteiger partial charge in [0.2, 0.25) is 0 Å². The van der Waals surface area contributed by atoms with Gasteiger partial charge >= 0.3 is 0 Å². The molecule has 1 aromatic rings. The molecule has 1 rings (SSSR count). The maximum absolute atomic E-state index is 3.76. The molecule has 16 heavy (non-hydrogen) atoms. The molecule has 0 fully saturated rings. The molecule has 0 saturated carbocycles. The fourth-order valence-electron chi connectivity index (χ4n) is 1.42. The van der Waals surface area contributed by atoms with E-state index in [1.165, 1.54) is 15.3 Å². The number of hydrogen-bond donors (Lipinski definition) is 0. The van der Waals surface area contributed by atoms with Gasteiger partial charge in [0.05, 0.1) is 0 Å². The standard InChI is InChI=1S/C15H20S/c1-6-8-12(9-7-2)13-10-11-14(16-13)15(3,4)5/h6-11H,1H2,2-5H3/b9-7-,12-8+. The Kier molecular flexibility index (Phi) is 4.31. The van der Waals surface area contributed by atoms with Crippen LogP contribution in [-0.2, 0) is 5.41 Å². The van der Waals surface area contributed by atoms with Crippen LogP contribution in [0.2, 0.25) is 0 Å². The van der Waals surface area contributed by atoms with E-state index in [1.807, 2.05) is 24.3 Å². The Bertz CT molecular complexity index is 411. The molecule has 0 amide bonds. The highest BCUT2D eigenvalue weighted by atomic mass is 32.1. The van der Waals surface area contributed by atoms with Crippen LogP contribution in [0.4, 0.5) is 0 Å². The summed E-state index contributed by atoms with van der Waals surface area (Å²) in [6.07, 6.45) is 8.08. The van der Waals surface area contributed by atoms with Gasteiger partial charge in [-0.2, -0.15) is 0 Å². The molecule has 0 spiro atoms. The predicted molar refractivity (Wildman–Crippen MR) is 76.0 cm³/mol. The average molecular weight is 232 g/mol. The molecule has 1 heterocycles. The van der Waals surface area contributed by atoms with Gasteiger partial charge in [-0.25, -0.2) is 0 Å². The minimum absolute atomic E-state index is 0.234. The van der Waals surface area contributed by atoms with Gasteiger partial charge in [0.1, 0.15) is 0 Å². The van der Waals surface area contributed by atoms with E-state index in [2.05, 4.69) is 57.7 Å². The van der Waals surface area contributed by atoms with E-state index in [1.54, 1.807) is 0 Å². The number of hydrogen-bond acceptors (Lipinski definition) is 1. The number of thiophene rings is 1. The minimum atomic E-state index is 0.234. The highest BCUT2D eigenvalue weighted by molar-refractivity contribution is 7.13. The fourth-order valence-corrected chi connectivity index (χ4v) is 2.49. The summed E-state index contributed by atoms with van der Waals surface area (Å²) in [6, 6.07) is 4.42. The lowest BCUT2D eigenvalue weighted by Gasteiger charge is -2.15. The van der Waals surface area contributed by atoms with Crippen LogP contribution < -0.4 is 0 Å². The van der Waals surface area contributed by atoms with Crippen LogP contribution >= 0.6 is 11.3 Å². The van der Waals surface area contributed by atoms with Crippen molar-refractivity contribution < 1.29 is 0 Å². The number of rotatable bonds is 3. The van der Waals surface area contributed by atoms with Crippen molar-refractivity contribution in [2.24, 2.45) is 0 Å². The van der Waals surface area contributed by atoms with E-state index in [4.69, 9.17) is 0 Å². The summed E-state index contributed by atoms with van der Waals surface area (Å²) < 4.78 is 0. The molecule has 0 bridgehead atoms. The van der Waals surface area contributed by atoms with Crippen molar-refractivity contribution in [2.45, 2.75) is 33.1 Å². The Labute approximate surface area is 103 Å². The highest BCUT2D eigenvalue weighted by Gasteiger charge is 2.16. The van der Waals surface area contributed by atoms with Gasteiger partial charge < -0.3 is 0 Å². The first-order valence-corrected chi connectivity index (χ1v) is 6.37. The van der Waals surface area contributed by atoms with E-state index >= 15 is 0 Å². The summed E-state index contributed by atoms with van der Waals surface area (Å²) in [5, 5.41) is 0.